The van der Waals surface area contributed by atoms with Gasteiger partial charge < -0.3 is 0 Å². The first-order valence-corrected chi connectivity index (χ1v) is 7.47. The van der Waals surface area contributed by atoms with Gasteiger partial charge in [0.1, 0.15) is 11.0 Å². The molecule has 1 heterocycles. The van der Waals surface area contributed by atoms with Gasteiger partial charge in [0.2, 0.25) is 0 Å². The highest BCUT2D eigenvalue weighted by molar-refractivity contribution is 14.1. The van der Waals surface area contributed by atoms with Gasteiger partial charge in [-0.3, -0.25) is 0 Å². The van der Waals surface area contributed by atoms with Crippen molar-refractivity contribution in [2.24, 2.45) is 0 Å². The molecule has 0 aliphatic heterocycles. The summed E-state index contributed by atoms with van der Waals surface area (Å²) in [6, 6.07) is 8.58. The zero-order valence-electron chi connectivity index (χ0n) is 9.74. The molecule has 1 aliphatic rings. The Bertz CT molecular complexity index is 586. The molecule has 0 bridgehead atoms. The van der Waals surface area contributed by atoms with E-state index in [0.717, 1.165) is 22.2 Å². The van der Waals surface area contributed by atoms with Gasteiger partial charge in [-0.25, -0.2) is 9.97 Å². The highest BCUT2D eigenvalue weighted by Crippen LogP contribution is 2.35. The SMILES string of the molecule is Clc1nc(C2CCCc3ccccc32)ncc1I. The van der Waals surface area contributed by atoms with Gasteiger partial charge in [-0.15, -0.1) is 0 Å². The molecule has 4 heteroatoms. The number of hydrogen-bond acceptors (Lipinski definition) is 2. The van der Waals surface area contributed by atoms with Crippen LogP contribution >= 0.6 is 34.2 Å². The molecule has 2 aromatic rings. The molecule has 1 aliphatic carbocycles. The van der Waals surface area contributed by atoms with E-state index in [1.54, 1.807) is 0 Å². The standard InChI is InChI=1S/C14H12ClIN2/c15-13-12(16)8-17-14(18-13)11-7-3-5-9-4-1-2-6-10(9)11/h1-2,4,6,8,11H,3,5,7H2. The maximum atomic E-state index is 6.10. The van der Waals surface area contributed by atoms with E-state index in [1.165, 1.54) is 17.5 Å². The molecule has 1 atom stereocenters. The first-order chi connectivity index (χ1) is 8.75. The fraction of sp³-hybridized carbons (Fsp3) is 0.286. The monoisotopic (exact) mass is 370 g/mol. The third kappa shape index (κ3) is 2.26. The molecule has 0 fully saturated rings. The maximum Gasteiger partial charge on any atom is 0.146 e. The fourth-order valence-electron chi connectivity index (χ4n) is 2.55. The summed E-state index contributed by atoms with van der Waals surface area (Å²) in [5.74, 6) is 1.15. The van der Waals surface area contributed by atoms with Gasteiger partial charge >= 0.3 is 0 Å². The average molecular weight is 371 g/mol. The van der Waals surface area contributed by atoms with Gasteiger partial charge in [0.25, 0.3) is 0 Å². The van der Waals surface area contributed by atoms with Crippen LogP contribution in [0.4, 0.5) is 0 Å². The van der Waals surface area contributed by atoms with Crippen LogP contribution in [0, 0.1) is 3.57 Å². The molecule has 0 N–H and O–H groups in total. The number of rotatable bonds is 1. The molecular weight excluding hydrogens is 359 g/mol. The van der Waals surface area contributed by atoms with Crippen molar-refractivity contribution in [3.05, 3.63) is 56.1 Å². The van der Waals surface area contributed by atoms with Crippen LogP contribution < -0.4 is 0 Å². The molecule has 92 valence electrons. The van der Waals surface area contributed by atoms with Crippen molar-refractivity contribution >= 4 is 34.2 Å². The molecule has 0 spiro atoms. The van der Waals surface area contributed by atoms with Crippen LogP contribution in [-0.2, 0) is 6.42 Å². The number of benzene rings is 1. The average Bonchev–Trinajstić information content (AvgIpc) is 2.41. The third-order valence-electron chi connectivity index (χ3n) is 3.40. The summed E-state index contributed by atoms with van der Waals surface area (Å²) in [5, 5.41) is 0.559. The highest BCUT2D eigenvalue weighted by Gasteiger charge is 2.23. The minimum Gasteiger partial charge on any atom is -0.239 e. The summed E-state index contributed by atoms with van der Waals surface area (Å²) < 4.78 is 0.905. The Morgan fingerprint density at radius 2 is 2.11 bits per heavy atom. The first-order valence-electron chi connectivity index (χ1n) is 6.01. The number of hydrogen-bond donors (Lipinski definition) is 0. The van der Waals surface area contributed by atoms with E-state index in [-0.39, 0.29) is 0 Å². The second-order valence-electron chi connectivity index (χ2n) is 4.51. The number of halogens is 2. The smallest absolute Gasteiger partial charge is 0.146 e. The lowest BCUT2D eigenvalue weighted by Gasteiger charge is -2.24. The van der Waals surface area contributed by atoms with Crippen molar-refractivity contribution in [1.82, 2.24) is 9.97 Å². The van der Waals surface area contributed by atoms with Gasteiger partial charge in [0.05, 0.1) is 3.57 Å². The zero-order valence-corrected chi connectivity index (χ0v) is 12.6. The number of aryl methyl sites for hydroxylation is 1. The topological polar surface area (TPSA) is 25.8 Å². The van der Waals surface area contributed by atoms with Crippen molar-refractivity contribution < 1.29 is 0 Å². The molecule has 1 aromatic carbocycles. The van der Waals surface area contributed by atoms with Crippen LogP contribution in [0.3, 0.4) is 0 Å². The Hall–Kier alpha value is -0.680. The van der Waals surface area contributed by atoms with E-state index in [0.29, 0.717) is 11.1 Å². The molecule has 2 nitrogen and oxygen atoms in total. The molecule has 18 heavy (non-hydrogen) atoms. The van der Waals surface area contributed by atoms with Crippen molar-refractivity contribution in [2.45, 2.75) is 25.2 Å². The van der Waals surface area contributed by atoms with Crippen LogP contribution in [0.5, 0.6) is 0 Å². The second kappa shape index (κ2) is 5.13. The Labute approximate surface area is 125 Å². The molecule has 1 unspecified atom stereocenters. The van der Waals surface area contributed by atoms with Crippen molar-refractivity contribution in [3.8, 4) is 0 Å². The quantitative estimate of drug-likeness (QED) is 0.555. The molecule has 0 radical (unpaired) electrons. The molecule has 1 aromatic heterocycles. The summed E-state index contributed by atoms with van der Waals surface area (Å²) in [5.41, 5.74) is 2.79. The Balaban J connectivity index is 2.05. The lowest BCUT2D eigenvalue weighted by atomic mass is 9.82. The molecule has 0 saturated carbocycles. The fourth-order valence-corrected chi connectivity index (χ4v) is 2.94. The minimum atomic E-state index is 0.296. The summed E-state index contributed by atoms with van der Waals surface area (Å²) in [7, 11) is 0. The lowest BCUT2D eigenvalue weighted by molar-refractivity contribution is 0.590. The van der Waals surface area contributed by atoms with Crippen molar-refractivity contribution in [1.29, 1.82) is 0 Å². The summed E-state index contributed by atoms with van der Waals surface area (Å²) in [6.07, 6.45) is 5.26. The van der Waals surface area contributed by atoms with E-state index < -0.39 is 0 Å². The maximum absolute atomic E-state index is 6.10. The van der Waals surface area contributed by atoms with Gasteiger partial charge in [0, 0.05) is 12.1 Å². The van der Waals surface area contributed by atoms with E-state index in [9.17, 15) is 0 Å². The molecule has 0 saturated heterocycles. The van der Waals surface area contributed by atoms with Crippen LogP contribution in [0.2, 0.25) is 5.15 Å². The predicted octanol–water partition coefficient (Wildman–Crippen LogP) is 4.20. The highest BCUT2D eigenvalue weighted by atomic mass is 127. The normalized spacial score (nSPS) is 18.4. The molecular formula is C14H12ClIN2. The largest absolute Gasteiger partial charge is 0.239 e. The third-order valence-corrected chi connectivity index (χ3v) is 4.80. The summed E-state index contributed by atoms with van der Waals surface area (Å²) >= 11 is 8.26. The van der Waals surface area contributed by atoms with Crippen LogP contribution in [0.25, 0.3) is 0 Å². The molecule has 0 amide bonds. The summed E-state index contributed by atoms with van der Waals surface area (Å²) in [6.45, 7) is 0. The Morgan fingerprint density at radius 1 is 1.28 bits per heavy atom. The van der Waals surface area contributed by atoms with Crippen LogP contribution in [-0.4, -0.2) is 9.97 Å². The van der Waals surface area contributed by atoms with E-state index in [1.807, 2.05) is 6.20 Å². The number of nitrogens with zero attached hydrogens (tertiary/aromatic N) is 2. The van der Waals surface area contributed by atoms with E-state index in [4.69, 9.17) is 11.6 Å². The van der Waals surface area contributed by atoms with Crippen LogP contribution in [0.15, 0.2) is 30.5 Å². The summed E-state index contributed by atoms with van der Waals surface area (Å²) in [4.78, 5) is 8.90. The van der Waals surface area contributed by atoms with Gasteiger partial charge in [-0.2, -0.15) is 0 Å². The lowest BCUT2D eigenvalue weighted by Crippen LogP contribution is -2.13. The molecule has 3 rings (SSSR count). The van der Waals surface area contributed by atoms with Gasteiger partial charge in [-0.05, 0) is 53.0 Å². The van der Waals surface area contributed by atoms with Crippen molar-refractivity contribution in [3.63, 3.8) is 0 Å². The van der Waals surface area contributed by atoms with Gasteiger partial charge in [-0.1, -0.05) is 35.9 Å². The van der Waals surface area contributed by atoms with E-state index >= 15 is 0 Å². The Morgan fingerprint density at radius 3 is 2.94 bits per heavy atom. The number of aromatic nitrogens is 2. The first kappa shape index (κ1) is 12.4. The predicted molar refractivity (Wildman–Crippen MR) is 81.0 cm³/mol. The minimum absolute atomic E-state index is 0.296. The second-order valence-corrected chi connectivity index (χ2v) is 6.03. The van der Waals surface area contributed by atoms with Crippen LogP contribution in [0.1, 0.15) is 35.7 Å². The zero-order chi connectivity index (χ0) is 12.5. The number of fused-ring (bicyclic) bond motifs is 1. The van der Waals surface area contributed by atoms with Crippen molar-refractivity contribution in [2.75, 3.05) is 0 Å². The van der Waals surface area contributed by atoms with E-state index in [2.05, 4.69) is 56.8 Å². The van der Waals surface area contributed by atoms with Gasteiger partial charge in [0.15, 0.2) is 0 Å². The Kier molecular flexibility index (Phi) is 3.52.